The van der Waals surface area contributed by atoms with Crippen LogP contribution < -0.4 is 5.32 Å². The van der Waals surface area contributed by atoms with Crippen molar-refractivity contribution in [2.75, 3.05) is 19.3 Å². The number of hydrogen-bond donors (Lipinski definition) is 2. The molecule has 110 valence electrons. The number of sulfone groups is 1. The van der Waals surface area contributed by atoms with Crippen LogP contribution in [-0.4, -0.2) is 32.7 Å². The molecule has 0 atom stereocenters. The standard InChI is InChI=1S/C15H17N3O2S/c1-21(19,20)15-14(11-4-6-17-7-5-11)12-8-10(9-16)2-3-13(12)18-15/h2-3,8,11,17-18H,4-7H2,1H3. The molecule has 0 saturated carbocycles. The monoisotopic (exact) mass is 303 g/mol. The predicted octanol–water partition coefficient (Wildman–Crippen LogP) is 1.91. The molecular weight excluding hydrogens is 286 g/mol. The first-order chi connectivity index (χ1) is 10.0. The number of nitrogens with one attached hydrogen (secondary N) is 2. The smallest absolute Gasteiger partial charge is 0.191 e. The summed E-state index contributed by atoms with van der Waals surface area (Å²) < 4.78 is 24.2. The molecule has 0 radical (unpaired) electrons. The number of rotatable bonds is 2. The summed E-state index contributed by atoms with van der Waals surface area (Å²) in [5, 5.41) is 13.5. The lowest BCUT2D eigenvalue weighted by atomic mass is 9.89. The molecule has 0 unspecified atom stereocenters. The average Bonchev–Trinajstić information content (AvgIpc) is 2.86. The van der Waals surface area contributed by atoms with E-state index in [0.717, 1.165) is 42.4 Å². The Balaban J connectivity index is 2.28. The van der Waals surface area contributed by atoms with Gasteiger partial charge in [-0.15, -0.1) is 0 Å². The fourth-order valence-electron chi connectivity index (χ4n) is 3.07. The first-order valence-corrected chi connectivity index (χ1v) is 8.86. The summed E-state index contributed by atoms with van der Waals surface area (Å²) in [5.74, 6) is 0.207. The van der Waals surface area contributed by atoms with Gasteiger partial charge in [0.25, 0.3) is 0 Å². The Hall–Kier alpha value is -1.84. The third-order valence-corrected chi connectivity index (χ3v) is 5.11. The molecule has 3 rings (SSSR count). The van der Waals surface area contributed by atoms with Crippen LogP contribution >= 0.6 is 0 Å². The van der Waals surface area contributed by atoms with Crippen molar-refractivity contribution < 1.29 is 8.42 Å². The van der Waals surface area contributed by atoms with E-state index in [2.05, 4.69) is 16.4 Å². The maximum Gasteiger partial charge on any atom is 0.191 e. The van der Waals surface area contributed by atoms with E-state index in [0.29, 0.717) is 10.6 Å². The molecule has 2 N–H and O–H groups in total. The highest BCUT2D eigenvalue weighted by Crippen LogP contribution is 2.36. The number of aromatic amines is 1. The van der Waals surface area contributed by atoms with Gasteiger partial charge >= 0.3 is 0 Å². The van der Waals surface area contributed by atoms with Crippen molar-refractivity contribution in [2.24, 2.45) is 0 Å². The van der Waals surface area contributed by atoms with Crippen molar-refractivity contribution in [1.29, 1.82) is 5.26 Å². The van der Waals surface area contributed by atoms with E-state index in [1.807, 2.05) is 0 Å². The van der Waals surface area contributed by atoms with Gasteiger partial charge in [0, 0.05) is 17.2 Å². The van der Waals surface area contributed by atoms with Gasteiger partial charge in [-0.2, -0.15) is 5.26 Å². The molecule has 2 aromatic rings. The highest BCUT2D eigenvalue weighted by molar-refractivity contribution is 7.90. The lowest BCUT2D eigenvalue weighted by molar-refractivity contribution is 0.456. The summed E-state index contributed by atoms with van der Waals surface area (Å²) in [4.78, 5) is 3.03. The molecule has 6 heteroatoms. The molecule has 1 aromatic carbocycles. The molecule has 21 heavy (non-hydrogen) atoms. The first-order valence-electron chi connectivity index (χ1n) is 6.97. The number of hydrogen-bond acceptors (Lipinski definition) is 4. The predicted molar refractivity (Wildman–Crippen MR) is 81.0 cm³/mol. The second-order valence-corrected chi connectivity index (χ2v) is 7.49. The zero-order chi connectivity index (χ0) is 15.0. The fraction of sp³-hybridized carbons (Fsp3) is 0.400. The van der Waals surface area contributed by atoms with Gasteiger partial charge < -0.3 is 10.3 Å². The molecule has 1 aliphatic heterocycles. The minimum atomic E-state index is -3.32. The Kier molecular flexibility index (Phi) is 3.47. The van der Waals surface area contributed by atoms with Gasteiger partial charge in [0.1, 0.15) is 5.03 Å². The van der Waals surface area contributed by atoms with E-state index in [1.54, 1.807) is 18.2 Å². The second kappa shape index (κ2) is 5.17. The number of benzene rings is 1. The molecule has 1 aromatic heterocycles. The van der Waals surface area contributed by atoms with E-state index in [4.69, 9.17) is 5.26 Å². The van der Waals surface area contributed by atoms with Gasteiger partial charge in [-0.25, -0.2) is 8.42 Å². The highest BCUT2D eigenvalue weighted by Gasteiger charge is 2.27. The Morgan fingerprint density at radius 1 is 1.29 bits per heavy atom. The largest absolute Gasteiger partial charge is 0.345 e. The van der Waals surface area contributed by atoms with Crippen LogP contribution in [0, 0.1) is 11.3 Å². The van der Waals surface area contributed by atoms with Crippen LogP contribution in [0.4, 0.5) is 0 Å². The number of piperidine rings is 1. The van der Waals surface area contributed by atoms with Crippen LogP contribution in [-0.2, 0) is 9.84 Å². The van der Waals surface area contributed by atoms with E-state index in [1.165, 1.54) is 6.26 Å². The summed E-state index contributed by atoms with van der Waals surface area (Å²) in [5.41, 5.74) is 2.19. The molecule has 1 aliphatic rings. The van der Waals surface area contributed by atoms with Crippen LogP contribution in [0.15, 0.2) is 23.2 Å². The van der Waals surface area contributed by atoms with Gasteiger partial charge in [0.05, 0.1) is 11.6 Å². The third kappa shape index (κ3) is 2.55. The Morgan fingerprint density at radius 3 is 2.62 bits per heavy atom. The topological polar surface area (TPSA) is 85.8 Å². The van der Waals surface area contributed by atoms with Gasteiger partial charge in [-0.1, -0.05) is 0 Å². The number of nitrogens with zero attached hydrogens (tertiary/aromatic N) is 1. The third-order valence-electron chi connectivity index (χ3n) is 4.05. The van der Waals surface area contributed by atoms with E-state index >= 15 is 0 Å². The molecule has 1 saturated heterocycles. The van der Waals surface area contributed by atoms with Crippen molar-refractivity contribution in [1.82, 2.24) is 10.3 Å². The number of H-pyrrole nitrogens is 1. The van der Waals surface area contributed by atoms with Crippen LogP contribution in [0.1, 0.15) is 29.9 Å². The first kappa shape index (κ1) is 14.1. The van der Waals surface area contributed by atoms with E-state index in [-0.39, 0.29) is 5.92 Å². The van der Waals surface area contributed by atoms with Crippen LogP contribution in [0.2, 0.25) is 0 Å². The van der Waals surface area contributed by atoms with Crippen molar-refractivity contribution >= 4 is 20.7 Å². The summed E-state index contributed by atoms with van der Waals surface area (Å²) in [6.07, 6.45) is 3.05. The van der Waals surface area contributed by atoms with Crippen molar-refractivity contribution in [3.63, 3.8) is 0 Å². The maximum absolute atomic E-state index is 12.1. The zero-order valence-electron chi connectivity index (χ0n) is 11.8. The van der Waals surface area contributed by atoms with Gasteiger partial charge in [-0.3, -0.25) is 0 Å². The van der Waals surface area contributed by atoms with E-state index < -0.39 is 9.84 Å². The van der Waals surface area contributed by atoms with E-state index in [9.17, 15) is 8.42 Å². The van der Waals surface area contributed by atoms with Crippen LogP contribution in [0.25, 0.3) is 10.9 Å². The van der Waals surface area contributed by atoms with Gasteiger partial charge in [0.15, 0.2) is 9.84 Å². The quantitative estimate of drug-likeness (QED) is 0.887. The molecular formula is C15H17N3O2S. The maximum atomic E-state index is 12.1. The molecule has 1 fully saturated rings. The van der Waals surface area contributed by atoms with Crippen molar-refractivity contribution in [2.45, 2.75) is 23.8 Å². The molecule has 0 aliphatic carbocycles. The molecule has 2 heterocycles. The summed E-state index contributed by atoms with van der Waals surface area (Å²) in [7, 11) is -3.32. The normalized spacial score (nSPS) is 17.0. The minimum absolute atomic E-state index is 0.207. The molecule has 5 nitrogen and oxygen atoms in total. The average molecular weight is 303 g/mol. The molecule has 0 spiro atoms. The summed E-state index contributed by atoms with van der Waals surface area (Å²) in [6.45, 7) is 1.77. The fourth-order valence-corrected chi connectivity index (χ4v) is 4.04. The van der Waals surface area contributed by atoms with Crippen molar-refractivity contribution in [3.8, 4) is 6.07 Å². The molecule has 0 amide bonds. The SMILES string of the molecule is CS(=O)(=O)c1[nH]c2ccc(C#N)cc2c1C1CCNCC1. The molecule has 0 bridgehead atoms. The van der Waals surface area contributed by atoms with Crippen LogP contribution in [0.3, 0.4) is 0 Å². The Bertz CT molecular complexity index is 824. The van der Waals surface area contributed by atoms with Gasteiger partial charge in [-0.05, 0) is 55.6 Å². The van der Waals surface area contributed by atoms with Crippen LogP contribution in [0.5, 0.6) is 0 Å². The number of fused-ring (bicyclic) bond motifs is 1. The number of nitriles is 1. The summed E-state index contributed by atoms with van der Waals surface area (Å²) >= 11 is 0. The highest BCUT2D eigenvalue weighted by atomic mass is 32.2. The minimum Gasteiger partial charge on any atom is -0.345 e. The second-order valence-electron chi connectivity index (χ2n) is 5.54. The summed E-state index contributed by atoms with van der Waals surface area (Å²) in [6, 6.07) is 7.40. The Labute approximate surface area is 123 Å². The number of aromatic nitrogens is 1. The lowest BCUT2D eigenvalue weighted by Gasteiger charge is -2.23. The Morgan fingerprint density at radius 2 is 2.00 bits per heavy atom. The zero-order valence-corrected chi connectivity index (χ0v) is 12.6. The van der Waals surface area contributed by atoms with Crippen molar-refractivity contribution in [3.05, 3.63) is 29.3 Å². The lowest BCUT2D eigenvalue weighted by Crippen LogP contribution is -2.27. The van der Waals surface area contributed by atoms with Gasteiger partial charge in [0.2, 0.25) is 0 Å².